The van der Waals surface area contributed by atoms with Gasteiger partial charge in [0.2, 0.25) is 13.5 Å². The summed E-state index contributed by atoms with van der Waals surface area (Å²) in [6.45, 7) is -5.65. The molecular weight excluding hydrogens is 701 g/mol. The lowest BCUT2D eigenvalue weighted by Gasteiger charge is -2.29. The summed E-state index contributed by atoms with van der Waals surface area (Å²) in [5, 5.41) is 7.76. The number of alkyl halides is 2. The second-order valence-corrected chi connectivity index (χ2v) is 15.7. The molecule has 3 saturated heterocycles. The van der Waals surface area contributed by atoms with E-state index in [-0.39, 0.29) is 41.4 Å². The van der Waals surface area contributed by atoms with Gasteiger partial charge in [-0.05, 0) is 17.9 Å². The molecule has 0 aromatic carbocycles. The summed E-state index contributed by atoms with van der Waals surface area (Å²) in [6, 6.07) is 1.59. The van der Waals surface area contributed by atoms with Crippen molar-refractivity contribution in [2.75, 3.05) is 24.3 Å². The third-order valence-electron chi connectivity index (χ3n) is 8.31. The van der Waals surface area contributed by atoms with Gasteiger partial charge >= 0.3 is 6.72 Å². The van der Waals surface area contributed by atoms with Gasteiger partial charge in [0, 0.05) is 19.0 Å². The van der Waals surface area contributed by atoms with Crippen LogP contribution in [0.15, 0.2) is 24.9 Å². The molecule has 4 unspecified atom stereocenters. The van der Waals surface area contributed by atoms with Gasteiger partial charge in [-0.3, -0.25) is 18.5 Å². The molecule has 8 heterocycles. The van der Waals surface area contributed by atoms with Crippen LogP contribution in [0.1, 0.15) is 24.6 Å². The Labute approximate surface area is 274 Å². The van der Waals surface area contributed by atoms with Gasteiger partial charge in [-0.2, -0.15) is 5.10 Å². The molecule has 0 bridgehead atoms. The van der Waals surface area contributed by atoms with E-state index in [9.17, 15) is 14.3 Å². The Morgan fingerprint density at radius 1 is 1.02 bits per heavy atom. The zero-order valence-electron chi connectivity index (χ0n) is 24.3. The Hall–Kier alpha value is -3.04. The van der Waals surface area contributed by atoms with E-state index in [1.807, 2.05) is 0 Å². The Morgan fingerprint density at radius 2 is 1.75 bits per heavy atom. The number of nitrogens with two attached hydrogens (primary N) is 1. The van der Waals surface area contributed by atoms with Crippen molar-refractivity contribution in [3.05, 3.63) is 30.6 Å². The van der Waals surface area contributed by atoms with Crippen molar-refractivity contribution in [3.8, 4) is 0 Å². The fourth-order valence-electron chi connectivity index (χ4n) is 6.15. The van der Waals surface area contributed by atoms with E-state index in [2.05, 4.69) is 30.4 Å². The van der Waals surface area contributed by atoms with Crippen LogP contribution in [0.5, 0.6) is 0 Å². The molecule has 0 spiro atoms. The highest BCUT2D eigenvalue weighted by atomic mass is 32.5. The van der Waals surface area contributed by atoms with E-state index in [1.54, 1.807) is 6.07 Å². The first kappa shape index (κ1) is 32.2. The number of aromatic nitrogens is 7. The van der Waals surface area contributed by atoms with Crippen LogP contribution >= 0.6 is 14.2 Å². The molecule has 24 heteroatoms. The van der Waals surface area contributed by atoms with Gasteiger partial charge in [-0.1, -0.05) is 0 Å². The van der Waals surface area contributed by atoms with Crippen LogP contribution in [0.25, 0.3) is 22.2 Å². The zero-order valence-corrected chi connectivity index (χ0v) is 26.9. The largest absolute Gasteiger partial charge is 0.382 e. The fraction of sp³-hybridized carbons (Fsp3) is 0.500. The third-order valence-corrected chi connectivity index (χ3v) is 10.9. The number of hydrogen-bond acceptors (Lipinski definition) is 15. The summed E-state index contributed by atoms with van der Waals surface area (Å²) in [7, 11) is 1.28. The first-order valence-electron chi connectivity index (χ1n) is 14.4. The Bertz CT molecular complexity index is 2040. The van der Waals surface area contributed by atoms with Crippen molar-refractivity contribution < 1.29 is 50.6 Å². The maximum atomic E-state index is 16.3. The van der Waals surface area contributed by atoms with E-state index < -0.39 is 76.6 Å². The lowest BCUT2D eigenvalue weighted by atomic mass is 10.1. The average molecular weight is 725 g/mol. The van der Waals surface area contributed by atoms with Crippen LogP contribution in [0.4, 0.5) is 20.3 Å². The molecule has 0 aliphatic carbocycles. The van der Waals surface area contributed by atoms with Crippen LogP contribution in [-0.2, 0) is 55.2 Å². The van der Waals surface area contributed by atoms with E-state index in [1.165, 1.54) is 21.8 Å². The van der Waals surface area contributed by atoms with Crippen molar-refractivity contribution in [2.45, 2.75) is 62.1 Å². The van der Waals surface area contributed by atoms with Gasteiger partial charge in [0.25, 0.3) is 7.47 Å². The second kappa shape index (κ2) is 11.8. The number of rotatable bonds is 2. The highest BCUT2D eigenvalue weighted by Crippen LogP contribution is 2.54. The number of carbonyl (C=O) groups excluding carboxylic acids is 1. The Morgan fingerprint density at radius 3 is 2.56 bits per heavy atom. The summed E-state index contributed by atoms with van der Waals surface area (Å²) in [6.07, 6.45) is -8.98. The molecule has 4 N–H and O–H groups in total. The highest BCUT2D eigenvalue weighted by molar-refractivity contribution is 8.07. The summed E-state index contributed by atoms with van der Waals surface area (Å²) < 4.78 is 81.9. The van der Waals surface area contributed by atoms with Gasteiger partial charge in [-0.25, -0.2) is 33.4 Å². The lowest BCUT2D eigenvalue weighted by molar-refractivity contribution is -0.116. The maximum absolute atomic E-state index is 16.3. The lowest BCUT2D eigenvalue weighted by Crippen LogP contribution is -2.37. The molecule has 2 radical (unpaired) electrons. The molecule has 10 atom stereocenters. The number of ether oxygens (including phenoxy) is 2. The highest BCUT2D eigenvalue weighted by Gasteiger charge is 2.54. The van der Waals surface area contributed by atoms with Crippen LogP contribution in [-0.4, -0.2) is 103 Å². The number of carbonyl (C=O) groups is 1. The van der Waals surface area contributed by atoms with E-state index >= 15 is 8.78 Å². The summed E-state index contributed by atoms with van der Waals surface area (Å²) in [4.78, 5) is 39.5. The van der Waals surface area contributed by atoms with E-state index in [0.717, 1.165) is 6.33 Å². The van der Waals surface area contributed by atoms with Crippen molar-refractivity contribution in [1.82, 2.24) is 34.3 Å². The Balaban J connectivity index is 1.08. The third kappa shape index (κ3) is 5.53. The smallest absolute Gasteiger partial charge is 0.325 e. The van der Waals surface area contributed by atoms with E-state index in [0.29, 0.717) is 16.8 Å². The van der Waals surface area contributed by atoms with E-state index in [4.69, 9.17) is 52.7 Å². The number of nitrogens with zero attached hydrogens (tertiary/aromatic N) is 7. The SMILES string of the molecule is [B]P1(=O)OC[C@H]2O[C@@H](n3nc4c5c(ccnc53)NC(=O)CC4)[C@@H](F)C2OP(O)(=S)OC[C@H]2O[C@@H](n3cnc4c(N)ncnc43)C(F)[C@H]2O1. The molecule has 4 aliphatic rings. The number of halogens is 2. The van der Waals surface area contributed by atoms with Crippen molar-refractivity contribution in [1.29, 1.82) is 0 Å². The number of hydrogen-bond donors (Lipinski definition) is 3. The molecule has 8 rings (SSSR count). The first-order chi connectivity index (χ1) is 22.9. The van der Waals surface area contributed by atoms with Gasteiger partial charge in [0.15, 0.2) is 41.9 Å². The minimum atomic E-state index is -4.61. The minimum absolute atomic E-state index is 0.0437. The van der Waals surface area contributed by atoms with Crippen LogP contribution in [0.2, 0.25) is 0 Å². The quantitative estimate of drug-likeness (QED) is 0.197. The van der Waals surface area contributed by atoms with Crippen LogP contribution < -0.4 is 11.1 Å². The molecule has 48 heavy (non-hydrogen) atoms. The predicted octanol–water partition coefficient (Wildman–Crippen LogP) is 1.52. The molecule has 4 aliphatic heterocycles. The topological polar surface area (TPSA) is 222 Å². The molecule has 1 amide bonds. The number of aryl methyl sites for hydroxylation is 1. The normalized spacial score (nSPS) is 37.4. The number of pyridine rings is 1. The number of fused-ring (bicyclic) bond motifs is 3. The zero-order chi connectivity index (χ0) is 33.5. The molecule has 0 saturated carbocycles. The van der Waals surface area contributed by atoms with Crippen molar-refractivity contribution >= 4 is 73.2 Å². The fourth-order valence-corrected chi connectivity index (χ4v) is 8.60. The maximum Gasteiger partial charge on any atom is 0.325 e. The van der Waals surface area contributed by atoms with Crippen molar-refractivity contribution in [2.24, 2.45) is 0 Å². The molecular formula is C24H24BF2N9O9P2S. The monoisotopic (exact) mass is 725 g/mol. The van der Waals surface area contributed by atoms with Gasteiger partial charge in [-0.15, -0.1) is 0 Å². The van der Waals surface area contributed by atoms with Crippen molar-refractivity contribution in [3.63, 3.8) is 0 Å². The first-order valence-corrected chi connectivity index (χ1v) is 18.6. The van der Waals surface area contributed by atoms with Gasteiger partial charge in [0.1, 0.15) is 36.3 Å². The van der Waals surface area contributed by atoms with Crippen LogP contribution in [0.3, 0.4) is 0 Å². The number of anilines is 2. The molecule has 252 valence electrons. The van der Waals surface area contributed by atoms with Crippen LogP contribution in [0, 0.1) is 0 Å². The molecule has 18 nitrogen and oxygen atoms in total. The predicted molar refractivity (Wildman–Crippen MR) is 163 cm³/mol. The molecule has 3 fully saturated rings. The summed E-state index contributed by atoms with van der Waals surface area (Å²) in [5.74, 6) is -0.168. The number of nitrogens with one attached hydrogen (secondary N) is 1. The molecule has 4 aromatic rings. The standard InChI is InChI=1S/C24H24BF2N9O9P2S/c25-46(38)40-5-11-19(16(27)24(43-11)36-21-14-9(3-4-29-21)33-13(37)2-1-10(14)34-36)45-47(39,48)41-6-12-18(44-46)15(26)23(42-12)35-8-32-17-20(28)30-7-31-22(17)35/h3-4,7-8,11-12,15-16,18-19,23-24H,1-2,5-6H2,(H,33,37)(H,39,48)(H2,28,30,31)/t11-,12-,15?,16+,18+,19?,23-,24-,46?,47?/m1/s1. The number of imidazole rings is 1. The molecule has 4 aromatic heterocycles. The number of nitrogen functional groups attached to an aromatic ring is 1. The van der Waals surface area contributed by atoms with Gasteiger partial charge in [0.05, 0.1) is 36.3 Å². The van der Waals surface area contributed by atoms with Gasteiger partial charge < -0.3 is 39.0 Å². The number of amides is 1. The summed E-state index contributed by atoms with van der Waals surface area (Å²) >= 11 is 5.20. The average Bonchev–Trinajstić information content (AvgIpc) is 3.75. The minimum Gasteiger partial charge on any atom is -0.382 e. The Kier molecular flexibility index (Phi) is 7.91. The second-order valence-electron chi connectivity index (χ2n) is 11.3. The summed E-state index contributed by atoms with van der Waals surface area (Å²) in [5.41, 5.74) is 7.29.